The molecule has 0 fully saturated rings. The number of ether oxygens (including phenoxy) is 3. The number of rotatable bonds is 57. The van der Waals surface area contributed by atoms with Crippen molar-refractivity contribution in [3.63, 3.8) is 0 Å². The molecule has 0 aliphatic heterocycles. The molecule has 0 aromatic rings. The Balaban J connectivity index is 4.14. The van der Waals surface area contributed by atoms with E-state index in [4.69, 9.17) is 14.2 Å². The smallest absolute Gasteiger partial charge is 0.306 e. The van der Waals surface area contributed by atoms with Crippen LogP contribution in [0.2, 0.25) is 0 Å². The van der Waals surface area contributed by atoms with Crippen LogP contribution in [0.3, 0.4) is 0 Å². The van der Waals surface area contributed by atoms with Crippen molar-refractivity contribution in [2.75, 3.05) is 13.2 Å². The van der Waals surface area contributed by atoms with Gasteiger partial charge < -0.3 is 14.2 Å². The Morgan fingerprint density at radius 1 is 0.280 bits per heavy atom. The average Bonchev–Trinajstić information content (AvgIpc) is 3.41. The highest BCUT2D eigenvalue weighted by Crippen LogP contribution is 2.16. The first-order valence-corrected chi connectivity index (χ1v) is 31.7. The van der Waals surface area contributed by atoms with Gasteiger partial charge in [0, 0.05) is 19.3 Å². The molecule has 6 nitrogen and oxygen atoms in total. The van der Waals surface area contributed by atoms with Crippen molar-refractivity contribution in [1.82, 2.24) is 0 Å². The van der Waals surface area contributed by atoms with Gasteiger partial charge in [0.2, 0.25) is 0 Å². The molecule has 0 amide bonds. The van der Waals surface area contributed by atoms with Crippen LogP contribution in [0.4, 0.5) is 0 Å². The van der Waals surface area contributed by atoms with Crippen LogP contribution in [0.1, 0.15) is 303 Å². The molecular formula is C69H118O6. The first-order chi connectivity index (χ1) is 37.0. The summed E-state index contributed by atoms with van der Waals surface area (Å²) in [6.07, 6.45) is 84.3. The van der Waals surface area contributed by atoms with Gasteiger partial charge in [-0.1, -0.05) is 279 Å². The number of carbonyl (C=O) groups is 3. The number of hydrogen-bond donors (Lipinski definition) is 0. The van der Waals surface area contributed by atoms with Gasteiger partial charge in [-0.25, -0.2) is 0 Å². The predicted molar refractivity (Wildman–Crippen MR) is 325 cm³/mol. The molecule has 0 rings (SSSR count). The molecule has 0 aromatic carbocycles. The lowest BCUT2D eigenvalue weighted by Gasteiger charge is -2.18. The molecule has 0 aliphatic rings. The maximum atomic E-state index is 12.8. The van der Waals surface area contributed by atoms with Gasteiger partial charge in [-0.3, -0.25) is 14.4 Å². The molecule has 0 bridgehead atoms. The first-order valence-electron chi connectivity index (χ1n) is 31.7. The van der Waals surface area contributed by atoms with Crippen molar-refractivity contribution in [3.05, 3.63) is 97.2 Å². The van der Waals surface area contributed by atoms with Crippen LogP contribution < -0.4 is 0 Å². The molecule has 75 heavy (non-hydrogen) atoms. The summed E-state index contributed by atoms with van der Waals surface area (Å²) in [4.78, 5) is 38.1. The lowest BCUT2D eigenvalue weighted by molar-refractivity contribution is -0.167. The highest BCUT2D eigenvalue weighted by molar-refractivity contribution is 5.71. The Bertz CT molecular complexity index is 1480. The molecule has 0 aromatic heterocycles. The van der Waals surface area contributed by atoms with Crippen LogP contribution >= 0.6 is 0 Å². The van der Waals surface area contributed by atoms with E-state index >= 15 is 0 Å². The van der Waals surface area contributed by atoms with Gasteiger partial charge in [0.15, 0.2) is 6.10 Å². The Morgan fingerprint density at radius 2 is 0.520 bits per heavy atom. The predicted octanol–water partition coefficient (Wildman–Crippen LogP) is 21.7. The topological polar surface area (TPSA) is 78.9 Å². The van der Waals surface area contributed by atoms with E-state index in [-0.39, 0.29) is 31.1 Å². The molecule has 0 saturated carbocycles. The number of carbonyl (C=O) groups excluding carboxylic acids is 3. The van der Waals surface area contributed by atoms with E-state index in [1.54, 1.807) is 0 Å². The van der Waals surface area contributed by atoms with Crippen molar-refractivity contribution < 1.29 is 28.6 Å². The molecule has 0 N–H and O–H groups in total. The third kappa shape index (κ3) is 61.1. The number of unbranched alkanes of at least 4 members (excludes halogenated alkanes) is 30. The SMILES string of the molecule is CC/C=C\C/C=C\C/C=C\C/C=C\C/C=C\C/C=C\C/C=C\CCCCCCCCCCCCCC(=O)OCC(COC(=O)CCCCCCCCCCC)OC(=O)CCCCCCC/C=C\CCCCCCCC. The van der Waals surface area contributed by atoms with Gasteiger partial charge in [0.1, 0.15) is 13.2 Å². The normalized spacial score (nSPS) is 12.7. The van der Waals surface area contributed by atoms with Crippen LogP contribution in [0.5, 0.6) is 0 Å². The minimum absolute atomic E-state index is 0.0781. The summed E-state index contributed by atoms with van der Waals surface area (Å²) in [6, 6.07) is 0. The fraction of sp³-hybridized carbons (Fsp3) is 0.725. The van der Waals surface area contributed by atoms with E-state index in [2.05, 4.69) is 118 Å². The largest absolute Gasteiger partial charge is 0.462 e. The fourth-order valence-corrected chi connectivity index (χ4v) is 8.83. The highest BCUT2D eigenvalue weighted by atomic mass is 16.6. The Morgan fingerprint density at radius 3 is 0.827 bits per heavy atom. The second kappa shape index (κ2) is 62.9. The first kappa shape index (κ1) is 71.3. The summed E-state index contributed by atoms with van der Waals surface area (Å²) >= 11 is 0. The van der Waals surface area contributed by atoms with Crippen LogP contribution in [0.15, 0.2) is 97.2 Å². The molecule has 6 heteroatoms. The van der Waals surface area contributed by atoms with Crippen LogP contribution in [0, 0.1) is 0 Å². The van der Waals surface area contributed by atoms with E-state index in [9.17, 15) is 14.4 Å². The summed E-state index contributed by atoms with van der Waals surface area (Å²) in [6.45, 7) is 6.51. The zero-order chi connectivity index (χ0) is 54.3. The maximum Gasteiger partial charge on any atom is 0.306 e. The lowest BCUT2D eigenvalue weighted by Crippen LogP contribution is -2.30. The Labute approximate surface area is 464 Å². The third-order valence-corrected chi connectivity index (χ3v) is 13.6. The quantitative estimate of drug-likeness (QED) is 0.0261. The van der Waals surface area contributed by atoms with Crippen molar-refractivity contribution in [2.45, 2.75) is 309 Å². The van der Waals surface area contributed by atoms with E-state index in [1.165, 1.54) is 148 Å². The molecule has 0 saturated heterocycles. The van der Waals surface area contributed by atoms with Crippen molar-refractivity contribution in [3.8, 4) is 0 Å². The van der Waals surface area contributed by atoms with Crippen LogP contribution in [0.25, 0.3) is 0 Å². The van der Waals surface area contributed by atoms with Crippen LogP contribution in [-0.2, 0) is 28.6 Å². The minimum atomic E-state index is -0.780. The van der Waals surface area contributed by atoms with Gasteiger partial charge in [0.05, 0.1) is 0 Å². The molecule has 0 spiro atoms. The number of esters is 3. The summed E-state index contributed by atoms with van der Waals surface area (Å²) in [5.74, 6) is -0.884. The molecular weight excluding hydrogens is 925 g/mol. The second-order valence-electron chi connectivity index (χ2n) is 20.9. The summed E-state index contributed by atoms with van der Waals surface area (Å²) in [5, 5.41) is 0. The molecule has 1 atom stereocenters. The van der Waals surface area contributed by atoms with E-state index in [0.29, 0.717) is 19.3 Å². The van der Waals surface area contributed by atoms with Crippen molar-refractivity contribution in [1.29, 1.82) is 0 Å². The molecule has 0 heterocycles. The Kier molecular flexibility index (Phi) is 59.8. The van der Waals surface area contributed by atoms with Gasteiger partial charge in [-0.15, -0.1) is 0 Å². The van der Waals surface area contributed by atoms with Crippen LogP contribution in [-0.4, -0.2) is 37.2 Å². The molecule has 1 unspecified atom stereocenters. The zero-order valence-corrected chi connectivity index (χ0v) is 49.3. The van der Waals surface area contributed by atoms with E-state index in [1.807, 2.05) is 0 Å². The number of hydrogen-bond acceptors (Lipinski definition) is 6. The second-order valence-corrected chi connectivity index (χ2v) is 20.9. The van der Waals surface area contributed by atoms with E-state index < -0.39 is 6.10 Å². The Hall–Kier alpha value is -3.67. The van der Waals surface area contributed by atoms with Gasteiger partial charge in [0.25, 0.3) is 0 Å². The standard InChI is InChI=1S/C69H118O6/c1-4-7-10-13-16-19-21-23-25-26-27-28-29-30-31-32-33-34-35-36-37-38-39-40-41-42-44-45-47-50-53-56-59-62-68(71)74-65-66(64-73-67(70)61-58-55-52-49-18-15-12-9-6-3)75-69(72)63-60-57-54-51-48-46-43-24-22-20-17-14-11-8-5-2/h7,10,16,19,23-25,27-28,30-31,33-34,36-37,43,66H,4-6,8-9,11-15,17-18,20-22,26,29,32,35,38-42,44-65H2,1-3H3/b10-7-,19-16-,25-23-,28-27-,31-30-,34-33-,37-36-,43-24-. The minimum Gasteiger partial charge on any atom is -0.462 e. The molecule has 430 valence electrons. The number of allylic oxidation sites excluding steroid dienone is 16. The highest BCUT2D eigenvalue weighted by Gasteiger charge is 2.19. The van der Waals surface area contributed by atoms with Crippen molar-refractivity contribution in [2.24, 2.45) is 0 Å². The summed E-state index contributed by atoms with van der Waals surface area (Å²) < 4.78 is 16.8. The fourth-order valence-electron chi connectivity index (χ4n) is 8.83. The monoisotopic (exact) mass is 1040 g/mol. The van der Waals surface area contributed by atoms with E-state index in [0.717, 1.165) is 116 Å². The third-order valence-electron chi connectivity index (χ3n) is 13.6. The van der Waals surface area contributed by atoms with Gasteiger partial charge in [-0.05, 0) is 103 Å². The lowest BCUT2D eigenvalue weighted by atomic mass is 10.0. The summed E-state index contributed by atoms with van der Waals surface area (Å²) in [7, 11) is 0. The van der Waals surface area contributed by atoms with Gasteiger partial charge in [-0.2, -0.15) is 0 Å². The molecule has 0 radical (unpaired) electrons. The van der Waals surface area contributed by atoms with Gasteiger partial charge >= 0.3 is 17.9 Å². The summed E-state index contributed by atoms with van der Waals surface area (Å²) in [5.41, 5.74) is 0. The maximum absolute atomic E-state index is 12.8. The van der Waals surface area contributed by atoms with Crippen molar-refractivity contribution >= 4 is 17.9 Å². The zero-order valence-electron chi connectivity index (χ0n) is 49.3. The average molecular weight is 1040 g/mol. The molecule has 0 aliphatic carbocycles.